The third kappa shape index (κ3) is 3.21. The minimum atomic E-state index is -0.431. The summed E-state index contributed by atoms with van der Waals surface area (Å²) in [6.45, 7) is 1.90. The maximum absolute atomic E-state index is 10.4. The van der Waals surface area contributed by atoms with Gasteiger partial charge in [-0.25, -0.2) is 0 Å². The van der Waals surface area contributed by atoms with E-state index in [0.717, 1.165) is 0 Å². The number of nitro benzene ring substituents is 1. The minimum absolute atomic E-state index is 0.0635. The average molecular weight is 210 g/mol. The molecule has 0 aromatic heterocycles. The average Bonchev–Trinajstić information content (AvgIpc) is 2.18. The van der Waals surface area contributed by atoms with E-state index in [4.69, 9.17) is 4.74 Å². The van der Waals surface area contributed by atoms with Crippen LogP contribution in [-0.4, -0.2) is 30.1 Å². The number of rotatable bonds is 4. The van der Waals surface area contributed by atoms with Crippen LogP contribution in [0.25, 0.3) is 0 Å². The third-order valence-corrected chi connectivity index (χ3v) is 2.08. The molecule has 0 aliphatic heterocycles. The van der Waals surface area contributed by atoms with E-state index >= 15 is 0 Å². The molecule has 1 unspecified atom stereocenters. The largest absolute Gasteiger partial charge is 0.475 e. The molecule has 0 saturated carbocycles. The van der Waals surface area contributed by atoms with Gasteiger partial charge < -0.3 is 4.74 Å². The molecule has 5 nitrogen and oxygen atoms in total. The van der Waals surface area contributed by atoms with Crippen LogP contribution in [0.1, 0.15) is 6.92 Å². The number of nitro groups is 1. The SMILES string of the molecule is CC(Oc1ccc([N+](=O)[O-])cc1)N(C)C. The molecule has 1 aromatic rings. The second-order valence-corrected chi connectivity index (χ2v) is 3.43. The first-order valence-corrected chi connectivity index (χ1v) is 4.58. The number of benzene rings is 1. The van der Waals surface area contributed by atoms with Gasteiger partial charge in [-0.15, -0.1) is 0 Å². The number of ether oxygens (including phenoxy) is 1. The van der Waals surface area contributed by atoms with E-state index in [0.29, 0.717) is 5.75 Å². The van der Waals surface area contributed by atoms with Crippen LogP contribution in [-0.2, 0) is 0 Å². The Kier molecular flexibility index (Phi) is 3.62. The zero-order valence-electron chi connectivity index (χ0n) is 9.01. The van der Waals surface area contributed by atoms with Crippen molar-refractivity contribution in [3.05, 3.63) is 34.4 Å². The van der Waals surface area contributed by atoms with E-state index in [1.807, 2.05) is 25.9 Å². The second-order valence-electron chi connectivity index (χ2n) is 3.43. The molecule has 0 spiro atoms. The molecular formula is C10H14N2O3. The molecule has 82 valence electrons. The van der Waals surface area contributed by atoms with Gasteiger partial charge in [-0.1, -0.05) is 0 Å². The van der Waals surface area contributed by atoms with Gasteiger partial charge in [0.1, 0.15) is 12.0 Å². The molecule has 0 bridgehead atoms. The van der Waals surface area contributed by atoms with Gasteiger partial charge in [0.05, 0.1) is 4.92 Å². The molecule has 0 heterocycles. The van der Waals surface area contributed by atoms with Crippen LogP contribution in [0.2, 0.25) is 0 Å². The highest BCUT2D eigenvalue weighted by molar-refractivity contribution is 5.36. The van der Waals surface area contributed by atoms with Crippen molar-refractivity contribution in [2.45, 2.75) is 13.2 Å². The maximum Gasteiger partial charge on any atom is 0.269 e. The number of non-ortho nitro benzene ring substituents is 1. The Bertz CT molecular complexity index is 335. The van der Waals surface area contributed by atoms with E-state index in [2.05, 4.69) is 0 Å². The summed E-state index contributed by atoms with van der Waals surface area (Å²) in [4.78, 5) is 11.9. The van der Waals surface area contributed by atoms with Crippen molar-refractivity contribution in [2.75, 3.05) is 14.1 Å². The van der Waals surface area contributed by atoms with Crippen LogP contribution >= 0.6 is 0 Å². The molecule has 1 aromatic carbocycles. The summed E-state index contributed by atoms with van der Waals surface area (Å²) in [6, 6.07) is 6.05. The molecule has 1 rings (SSSR count). The highest BCUT2D eigenvalue weighted by atomic mass is 16.6. The number of hydrogen-bond acceptors (Lipinski definition) is 4. The topological polar surface area (TPSA) is 55.6 Å². The Morgan fingerprint density at radius 3 is 2.27 bits per heavy atom. The summed E-state index contributed by atoms with van der Waals surface area (Å²) in [5.74, 6) is 0.627. The van der Waals surface area contributed by atoms with Crippen LogP contribution in [0, 0.1) is 10.1 Å². The highest BCUT2D eigenvalue weighted by Gasteiger charge is 2.08. The molecule has 5 heteroatoms. The number of hydrogen-bond donors (Lipinski definition) is 0. The van der Waals surface area contributed by atoms with Crippen molar-refractivity contribution in [3.63, 3.8) is 0 Å². The lowest BCUT2D eigenvalue weighted by molar-refractivity contribution is -0.384. The zero-order valence-corrected chi connectivity index (χ0v) is 9.01. The Hall–Kier alpha value is -1.62. The molecule has 15 heavy (non-hydrogen) atoms. The van der Waals surface area contributed by atoms with E-state index < -0.39 is 4.92 Å². The van der Waals surface area contributed by atoms with Crippen molar-refractivity contribution >= 4 is 5.69 Å². The first-order chi connectivity index (χ1) is 7.00. The lowest BCUT2D eigenvalue weighted by Crippen LogP contribution is -2.30. The molecule has 0 aliphatic rings. The summed E-state index contributed by atoms with van der Waals surface area (Å²) in [5, 5.41) is 10.4. The molecule has 0 radical (unpaired) electrons. The monoisotopic (exact) mass is 210 g/mol. The smallest absolute Gasteiger partial charge is 0.269 e. The van der Waals surface area contributed by atoms with Crippen LogP contribution in [0.15, 0.2) is 24.3 Å². The molecule has 1 atom stereocenters. The van der Waals surface area contributed by atoms with E-state index in [-0.39, 0.29) is 11.9 Å². The quantitative estimate of drug-likeness (QED) is 0.432. The fraction of sp³-hybridized carbons (Fsp3) is 0.400. The van der Waals surface area contributed by atoms with E-state index in [9.17, 15) is 10.1 Å². The predicted octanol–water partition coefficient (Wildman–Crippen LogP) is 1.88. The highest BCUT2D eigenvalue weighted by Crippen LogP contribution is 2.18. The van der Waals surface area contributed by atoms with E-state index in [1.54, 1.807) is 12.1 Å². The second kappa shape index (κ2) is 4.75. The normalized spacial score (nSPS) is 12.5. The molecule has 0 saturated heterocycles. The first kappa shape index (κ1) is 11.5. The van der Waals surface area contributed by atoms with Crippen molar-refractivity contribution in [1.29, 1.82) is 0 Å². The molecule has 0 N–H and O–H groups in total. The Labute approximate surface area is 88.4 Å². The van der Waals surface area contributed by atoms with Crippen LogP contribution in [0.3, 0.4) is 0 Å². The first-order valence-electron chi connectivity index (χ1n) is 4.58. The van der Waals surface area contributed by atoms with Crippen LogP contribution in [0.5, 0.6) is 5.75 Å². The fourth-order valence-electron chi connectivity index (χ4n) is 0.949. The zero-order chi connectivity index (χ0) is 11.4. The lowest BCUT2D eigenvalue weighted by Gasteiger charge is -2.20. The van der Waals surface area contributed by atoms with Gasteiger partial charge >= 0.3 is 0 Å². The summed E-state index contributed by atoms with van der Waals surface area (Å²) in [5.41, 5.74) is 0.0693. The summed E-state index contributed by atoms with van der Waals surface area (Å²) < 4.78 is 5.51. The van der Waals surface area contributed by atoms with Crippen molar-refractivity contribution in [1.82, 2.24) is 4.90 Å². The summed E-state index contributed by atoms with van der Waals surface area (Å²) >= 11 is 0. The van der Waals surface area contributed by atoms with Gasteiger partial charge in [0.2, 0.25) is 0 Å². The van der Waals surface area contributed by atoms with Crippen LogP contribution < -0.4 is 4.74 Å². The molecule has 0 fully saturated rings. The standard InChI is InChI=1S/C10H14N2O3/c1-8(11(2)3)15-10-6-4-9(5-7-10)12(13)14/h4-8H,1-3H3. The van der Waals surface area contributed by atoms with Crippen LogP contribution in [0.4, 0.5) is 5.69 Å². The van der Waals surface area contributed by atoms with Crippen molar-refractivity contribution in [2.24, 2.45) is 0 Å². The predicted molar refractivity (Wildman–Crippen MR) is 56.9 cm³/mol. The fourth-order valence-corrected chi connectivity index (χ4v) is 0.949. The van der Waals surface area contributed by atoms with Crippen molar-refractivity contribution in [3.8, 4) is 5.75 Å². The van der Waals surface area contributed by atoms with Gasteiger partial charge in [0, 0.05) is 12.1 Å². The van der Waals surface area contributed by atoms with Gasteiger partial charge in [-0.05, 0) is 33.2 Å². The van der Waals surface area contributed by atoms with Gasteiger partial charge in [-0.3, -0.25) is 15.0 Å². The third-order valence-electron chi connectivity index (χ3n) is 2.08. The molecule has 0 aliphatic carbocycles. The van der Waals surface area contributed by atoms with Crippen molar-refractivity contribution < 1.29 is 9.66 Å². The number of nitrogens with zero attached hydrogens (tertiary/aromatic N) is 2. The Morgan fingerprint density at radius 2 is 1.87 bits per heavy atom. The molecular weight excluding hydrogens is 196 g/mol. The Morgan fingerprint density at radius 1 is 1.33 bits per heavy atom. The minimum Gasteiger partial charge on any atom is -0.475 e. The summed E-state index contributed by atoms with van der Waals surface area (Å²) in [7, 11) is 3.80. The summed E-state index contributed by atoms with van der Waals surface area (Å²) in [6.07, 6.45) is -0.0635. The van der Waals surface area contributed by atoms with Gasteiger partial charge in [0.15, 0.2) is 0 Å². The maximum atomic E-state index is 10.4. The Balaban J connectivity index is 2.68. The lowest BCUT2D eigenvalue weighted by atomic mass is 10.3. The van der Waals surface area contributed by atoms with Gasteiger partial charge in [-0.2, -0.15) is 0 Å². The molecule has 0 amide bonds. The van der Waals surface area contributed by atoms with Gasteiger partial charge in [0.25, 0.3) is 5.69 Å². The van der Waals surface area contributed by atoms with E-state index in [1.165, 1.54) is 12.1 Å².